The molecule has 2 aromatic heterocycles. The summed E-state index contributed by atoms with van der Waals surface area (Å²) < 4.78 is 0. The number of pyridine rings is 1. The van der Waals surface area contributed by atoms with E-state index in [1.54, 1.807) is 11.8 Å². The van der Waals surface area contributed by atoms with Crippen LogP contribution in [0.5, 0.6) is 0 Å². The van der Waals surface area contributed by atoms with E-state index in [0.717, 1.165) is 22.7 Å². The highest BCUT2D eigenvalue weighted by atomic mass is 32.2. The predicted molar refractivity (Wildman–Crippen MR) is 92.0 cm³/mol. The third-order valence-corrected chi connectivity index (χ3v) is 5.21. The minimum absolute atomic E-state index is 0.486. The van der Waals surface area contributed by atoms with Gasteiger partial charge in [0, 0.05) is 17.2 Å². The third kappa shape index (κ3) is 3.02. The zero-order valence-corrected chi connectivity index (χ0v) is 13.5. The highest BCUT2D eigenvalue weighted by Gasteiger charge is 2.16. The molecular weight excluding hydrogens is 308 g/mol. The fourth-order valence-electron chi connectivity index (χ4n) is 2.73. The number of benzene rings is 1. The third-order valence-electron chi connectivity index (χ3n) is 4.13. The topological polar surface area (TPSA) is 83.7 Å². The zero-order valence-electron chi connectivity index (χ0n) is 12.7. The first-order valence-electron chi connectivity index (χ1n) is 7.69. The summed E-state index contributed by atoms with van der Waals surface area (Å²) in [5.74, 6) is 1.37. The number of hydrogen-bond acceptors (Lipinski definition) is 6. The number of hydrogen-bond donors (Lipinski definition) is 2. The quantitative estimate of drug-likeness (QED) is 0.701. The average Bonchev–Trinajstić information content (AvgIpc) is 2.97. The van der Waals surface area contributed by atoms with Crippen molar-refractivity contribution in [1.29, 1.82) is 0 Å². The number of rotatable bonds is 5. The average molecular weight is 326 g/mol. The number of nitrogen functional groups attached to an aromatic ring is 1. The lowest BCUT2D eigenvalue weighted by molar-refractivity contribution is 0.172. The van der Waals surface area contributed by atoms with Gasteiger partial charge in [0.2, 0.25) is 0 Å². The van der Waals surface area contributed by atoms with Crippen LogP contribution < -0.4 is 5.73 Å². The van der Waals surface area contributed by atoms with Gasteiger partial charge in [0.15, 0.2) is 5.65 Å². The molecule has 0 bridgehead atoms. The standard InChI is InChI=1S/C16H18N6S/c17-14-8-13(15-16(18-14)20-21-19-15)23-10-12-5-2-1-4-11(12)9-22-6-3-7-22/h1-2,4-5,8H,3,6-7,9-10H2,(H3,17,18,19,20,21). The Labute approximate surface area is 138 Å². The van der Waals surface area contributed by atoms with Gasteiger partial charge in [0.25, 0.3) is 0 Å². The van der Waals surface area contributed by atoms with Crippen LogP contribution in [0.15, 0.2) is 35.2 Å². The molecule has 0 amide bonds. The molecule has 7 heteroatoms. The normalized spacial score (nSPS) is 15.0. The van der Waals surface area contributed by atoms with Crippen LogP contribution in [-0.2, 0) is 12.3 Å². The van der Waals surface area contributed by atoms with Crippen LogP contribution in [0.3, 0.4) is 0 Å². The van der Waals surface area contributed by atoms with E-state index in [0.29, 0.717) is 11.5 Å². The molecule has 0 atom stereocenters. The maximum Gasteiger partial charge on any atom is 0.179 e. The Hall–Kier alpha value is -2.12. The van der Waals surface area contributed by atoms with Crippen LogP contribution in [0, 0.1) is 0 Å². The lowest BCUT2D eigenvalue weighted by atomic mass is 10.1. The lowest BCUT2D eigenvalue weighted by Gasteiger charge is -2.31. The molecule has 0 saturated carbocycles. The summed E-state index contributed by atoms with van der Waals surface area (Å²) in [7, 11) is 0. The lowest BCUT2D eigenvalue weighted by Crippen LogP contribution is -2.36. The van der Waals surface area contributed by atoms with Gasteiger partial charge in [0.05, 0.1) is 0 Å². The van der Waals surface area contributed by atoms with Crippen molar-refractivity contribution in [3.63, 3.8) is 0 Å². The van der Waals surface area contributed by atoms with E-state index in [-0.39, 0.29) is 0 Å². The first-order valence-corrected chi connectivity index (χ1v) is 8.67. The molecule has 0 spiro atoms. The number of likely N-dealkylation sites (tertiary alicyclic amines) is 1. The molecule has 23 heavy (non-hydrogen) atoms. The number of nitrogens with one attached hydrogen (secondary N) is 1. The molecule has 1 aliphatic rings. The van der Waals surface area contributed by atoms with Crippen LogP contribution in [0.2, 0.25) is 0 Å². The minimum Gasteiger partial charge on any atom is -0.384 e. The SMILES string of the molecule is Nc1cc(SCc2ccccc2CN2CCC2)c2nn[nH]c2n1. The molecule has 0 aliphatic carbocycles. The van der Waals surface area contributed by atoms with Crippen molar-refractivity contribution in [2.24, 2.45) is 0 Å². The number of fused-ring (bicyclic) bond motifs is 1. The molecule has 6 nitrogen and oxygen atoms in total. The fraction of sp³-hybridized carbons (Fsp3) is 0.312. The smallest absolute Gasteiger partial charge is 0.179 e. The van der Waals surface area contributed by atoms with Crippen LogP contribution in [0.1, 0.15) is 17.5 Å². The van der Waals surface area contributed by atoms with E-state index in [2.05, 4.69) is 49.6 Å². The van der Waals surface area contributed by atoms with Crippen molar-refractivity contribution in [3.8, 4) is 0 Å². The number of nitrogens with two attached hydrogens (primary N) is 1. The summed E-state index contributed by atoms with van der Waals surface area (Å²) in [5, 5.41) is 10.7. The van der Waals surface area contributed by atoms with Crippen molar-refractivity contribution in [3.05, 3.63) is 41.5 Å². The zero-order chi connectivity index (χ0) is 15.6. The molecule has 1 fully saturated rings. The van der Waals surface area contributed by atoms with E-state index in [4.69, 9.17) is 5.73 Å². The van der Waals surface area contributed by atoms with E-state index in [9.17, 15) is 0 Å². The van der Waals surface area contributed by atoms with Gasteiger partial charge in [-0.05, 0) is 36.7 Å². The fourth-order valence-corrected chi connectivity index (χ4v) is 3.80. The summed E-state index contributed by atoms with van der Waals surface area (Å²) in [5.41, 5.74) is 10.0. The molecule has 0 unspecified atom stereocenters. The summed E-state index contributed by atoms with van der Waals surface area (Å²) in [4.78, 5) is 7.69. The van der Waals surface area contributed by atoms with Gasteiger partial charge in [-0.1, -0.05) is 29.5 Å². The van der Waals surface area contributed by atoms with Crippen LogP contribution in [0.25, 0.3) is 11.2 Å². The maximum atomic E-state index is 5.87. The van der Waals surface area contributed by atoms with E-state index < -0.39 is 0 Å². The van der Waals surface area contributed by atoms with Gasteiger partial charge >= 0.3 is 0 Å². The van der Waals surface area contributed by atoms with Gasteiger partial charge in [-0.3, -0.25) is 4.90 Å². The summed E-state index contributed by atoms with van der Waals surface area (Å²) >= 11 is 1.73. The van der Waals surface area contributed by atoms with Crippen molar-refractivity contribution in [1.82, 2.24) is 25.3 Å². The Morgan fingerprint density at radius 1 is 1.22 bits per heavy atom. The maximum absolute atomic E-state index is 5.87. The first-order chi connectivity index (χ1) is 11.3. The van der Waals surface area contributed by atoms with Crippen molar-refractivity contribution in [2.75, 3.05) is 18.8 Å². The first kappa shape index (κ1) is 14.5. The van der Waals surface area contributed by atoms with Gasteiger partial charge in [-0.15, -0.1) is 16.9 Å². The molecule has 3 heterocycles. The van der Waals surface area contributed by atoms with Crippen LogP contribution in [0.4, 0.5) is 5.82 Å². The summed E-state index contributed by atoms with van der Waals surface area (Å²) in [6.07, 6.45) is 1.32. The van der Waals surface area contributed by atoms with Gasteiger partial charge < -0.3 is 5.73 Å². The molecule has 3 aromatic rings. The number of nitrogens with zero attached hydrogens (tertiary/aromatic N) is 4. The Morgan fingerprint density at radius 3 is 2.83 bits per heavy atom. The number of H-pyrrole nitrogens is 1. The molecule has 118 valence electrons. The molecular formula is C16H18N6S. The highest BCUT2D eigenvalue weighted by Crippen LogP contribution is 2.30. The van der Waals surface area contributed by atoms with Gasteiger partial charge in [-0.25, -0.2) is 10.1 Å². The summed E-state index contributed by atoms with van der Waals surface area (Å²) in [6, 6.07) is 10.5. The highest BCUT2D eigenvalue weighted by molar-refractivity contribution is 7.98. The van der Waals surface area contributed by atoms with E-state index >= 15 is 0 Å². The Kier molecular flexibility index (Phi) is 3.88. The molecule has 1 saturated heterocycles. The molecule has 1 aromatic carbocycles. The van der Waals surface area contributed by atoms with Crippen LogP contribution >= 0.6 is 11.8 Å². The second kappa shape index (κ2) is 6.17. The number of aromatic amines is 1. The van der Waals surface area contributed by atoms with Crippen molar-refractivity contribution < 1.29 is 0 Å². The van der Waals surface area contributed by atoms with Gasteiger partial charge in [0.1, 0.15) is 11.3 Å². The number of aromatic nitrogens is 4. The second-order valence-electron chi connectivity index (χ2n) is 5.74. The molecule has 3 N–H and O–H groups in total. The van der Waals surface area contributed by atoms with E-state index in [1.165, 1.54) is 30.6 Å². The molecule has 1 aliphatic heterocycles. The number of thioether (sulfide) groups is 1. The Bertz CT molecular complexity index is 826. The second-order valence-corrected chi connectivity index (χ2v) is 6.76. The number of anilines is 1. The predicted octanol–water partition coefficient (Wildman–Crippen LogP) is 2.43. The van der Waals surface area contributed by atoms with E-state index in [1.807, 2.05) is 6.07 Å². The van der Waals surface area contributed by atoms with Gasteiger partial charge in [-0.2, -0.15) is 0 Å². The van der Waals surface area contributed by atoms with Crippen molar-refractivity contribution >= 4 is 28.7 Å². The Morgan fingerprint density at radius 2 is 2.04 bits per heavy atom. The largest absolute Gasteiger partial charge is 0.384 e. The van der Waals surface area contributed by atoms with Crippen LogP contribution in [-0.4, -0.2) is 38.4 Å². The summed E-state index contributed by atoms with van der Waals surface area (Å²) in [6.45, 7) is 3.46. The minimum atomic E-state index is 0.486. The monoisotopic (exact) mass is 326 g/mol. The molecule has 0 radical (unpaired) electrons. The molecule has 4 rings (SSSR count). The Balaban J connectivity index is 1.55. The van der Waals surface area contributed by atoms with Crippen molar-refractivity contribution in [2.45, 2.75) is 23.6 Å².